The molecule has 0 saturated carbocycles. The number of rotatable bonds is 22. The van der Waals surface area contributed by atoms with Crippen LogP contribution in [0.15, 0.2) is 0 Å². The fraction of sp³-hybridized carbons (Fsp3) is 1.00. The second-order valence-electron chi connectivity index (χ2n) is 12.2. The second-order valence-corrected chi connectivity index (χ2v) is 13.2. The van der Waals surface area contributed by atoms with Crippen LogP contribution in [0.2, 0.25) is 0 Å². The molecule has 0 atom stereocenters. The van der Waals surface area contributed by atoms with Crippen molar-refractivity contribution in [2.45, 2.75) is 142 Å². The molecular formula is C36H77O11P. The first-order valence-corrected chi connectivity index (χ1v) is 20.8. The largest absolute Gasteiger partial charge is 0.466 e. The van der Waals surface area contributed by atoms with Gasteiger partial charge in [0.05, 0.1) is 79.3 Å². The number of ether oxygens (including phenoxy) is 7. The van der Waals surface area contributed by atoms with Crippen molar-refractivity contribution < 1.29 is 52.4 Å². The Bertz CT molecular complexity index is 505. The molecule has 12 heteroatoms. The van der Waals surface area contributed by atoms with E-state index in [4.69, 9.17) is 24.0 Å². The first-order chi connectivity index (χ1) is 23.4. The molecule has 0 aromatic rings. The Morgan fingerprint density at radius 2 is 0.521 bits per heavy atom. The fourth-order valence-electron chi connectivity index (χ4n) is 3.49. The summed E-state index contributed by atoms with van der Waals surface area (Å²) in [6.45, 7) is 18.6. The van der Waals surface area contributed by atoms with Crippen molar-refractivity contribution in [2.24, 2.45) is 0 Å². The van der Waals surface area contributed by atoms with Crippen LogP contribution >= 0.6 is 7.82 Å². The third kappa shape index (κ3) is 119. The molecule has 0 aromatic carbocycles. The molecule has 3 N–H and O–H groups in total. The van der Waals surface area contributed by atoms with E-state index < -0.39 is 7.82 Å². The molecule has 292 valence electrons. The minimum absolute atomic E-state index is 0.994. The van der Waals surface area contributed by atoms with Crippen molar-refractivity contribution in [1.82, 2.24) is 0 Å². The van der Waals surface area contributed by atoms with Crippen molar-refractivity contribution in [3.8, 4) is 0 Å². The van der Waals surface area contributed by atoms with Gasteiger partial charge < -0.3 is 47.8 Å². The number of epoxide rings is 6. The van der Waals surface area contributed by atoms with E-state index in [9.17, 15) is 0 Å². The number of phosphoric acid groups is 1. The van der Waals surface area contributed by atoms with Crippen LogP contribution in [-0.4, -0.2) is 107 Å². The van der Waals surface area contributed by atoms with Crippen molar-refractivity contribution in [1.29, 1.82) is 0 Å². The molecule has 6 saturated heterocycles. The van der Waals surface area contributed by atoms with E-state index in [2.05, 4.69) is 42.3 Å². The topological polar surface area (TPSA) is 162 Å². The van der Waals surface area contributed by atoms with E-state index in [1.165, 1.54) is 128 Å². The van der Waals surface area contributed by atoms with Crippen LogP contribution in [0, 0.1) is 0 Å². The summed E-state index contributed by atoms with van der Waals surface area (Å²) in [5, 5.41) is 0. The van der Waals surface area contributed by atoms with Gasteiger partial charge in [0.2, 0.25) is 0 Å². The maximum Gasteiger partial charge on any atom is 0.466 e. The molecule has 11 nitrogen and oxygen atoms in total. The van der Waals surface area contributed by atoms with Crippen LogP contribution in [0.5, 0.6) is 0 Å². The van der Waals surface area contributed by atoms with Gasteiger partial charge in [0.25, 0.3) is 0 Å². The average molecular weight is 717 g/mol. The van der Waals surface area contributed by atoms with Crippen molar-refractivity contribution in [3.63, 3.8) is 0 Å². The molecule has 0 radical (unpaired) electrons. The Morgan fingerprint density at radius 3 is 0.667 bits per heavy atom. The summed E-state index contributed by atoms with van der Waals surface area (Å²) in [4.78, 5) is 21.6. The van der Waals surface area contributed by atoms with Gasteiger partial charge in [0.15, 0.2) is 0 Å². The van der Waals surface area contributed by atoms with Gasteiger partial charge >= 0.3 is 7.82 Å². The predicted molar refractivity (Wildman–Crippen MR) is 194 cm³/mol. The van der Waals surface area contributed by atoms with Crippen molar-refractivity contribution in [3.05, 3.63) is 0 Å². The monoisotopic (exact) mass is 717 g/mol. The van der Waals surface area contributed by atoms with Crippen LogP contribution in [0.1, 0.15) is 142 Å². The van der Waals surface area contributed by atoms with Crippen LogP contribution in [0.4, 0.5) is 0 Å². The molecular weight excluding hydrogens is 639 g/mol. The smallest absolute Gasteiger partial charge is 0.381 e. The highest BCUT2D eigenvalue weighted by Crippen LogP contribution is 2.25. The van der Waals surface area contributed by atoms with Gasteiger partial charge in [-0.05, 0) is 12.8 Å². The van der Waals surface area contributed by atoms with Crippen LogP contribution in [0.3, 0.4) is 0 Å². The molecule has 0 spiro atoms. The van der Waals surface area contributed by atoms with Crippen LogP contribution < -0.4 is 0 Å². The Kier molecular flexibility index (Phi) is 46.7. The highest BCUT2D eigenvalue weighted by atomic mass is 31.2. The first-order valence-electron chi connectivity index (χ1n) is 19.2. The lowest BCUT2D eigenvalue weighted by Gasteiger charge is -2.05. The maximum atomic E-state index is 8.88. The molecule has 0 aromatic heterocycles. The minimum Gasteiger partial charge on any atom is -0.381 e. The van der Waals surface area contributed by atoms with Gasteiger partial charge in [-0.25, -0.2) is 4.57 Å². The average Bonchev–Trinajstić information content (AvgIpc) is 3.89. The van der Waals surface area contributed by atoms with E-state index in [0.717, 1.165) is 92.5 Å². The van der Waals surface area contributed by atoms with Gasteiger partial charge in [0.1, 0.15) is 0 Å². The van der Waals surface area contributed by atoms with E-state index in [1.807, 2.05) is 0 Å². The van der Waals surface area contributed by atoms with Crippen molar-refractivity contribution in [2.75, 3.05) is 92.5 Å². The van der Waals surface area contributed by atoms with E-state index >= 15 is 0 Å². The molecule has 6 fully saturated rings. The molecule has 0 unspecified atom stereocenters. The maximum absolute atomic E-state index is 8.88. The first kappa shape index (κ1) is 49.9. The highest BCUT2D eigenvalue weighted by molar-refractivity contribution is 7.45. The SMILES string of the molecule is C1CO1.C1CO1.C1CO1.C1CO1.C1CO1.C1CO1.CCCCCCCCCCCCOCCCCCCCCCCCC.O=P(O)(O)O. The Hall–Kier alpha value is -0.170. The van der Waals surface area contributed by atoms with Gasteiger partial charge in [-0.2, -0.15) is 0 Å². The molecule has 6 aliphatic heterocycles. The van der Waals surface area contributed by atoms with E-state index in [-0.39, 0.29) is 0 Å². The summed E-state index contributed by atoms with van der Waals surface area (Å²) in [6.07, 6.45) is 28.2. The fourth-order valence-corrected chi connectivity index (χ4v) is 3.49. The molecule has 48 heavy (non-hydrogen) atoms. The normalized spacial score (nSPS) is 16.1. The van der Waals surface area contributed by atoms with Crippen LogP contribution in [-0.2, 0) is 37.7 Å². The molecule has 0 aliphatic carbocycles. The number of hydrogen-bond acceptors (Lipinski definition) is 8. The Morgan fingerprint density at radius 1 is 0.375 bits per heavy atom. The van der Waals surface area contributed by atoms with Gasteiger partial charge in [-0.15, -0.1) is 0 Å². The van der Waals surface area contributed by atoms with E-state index in [0.29, 0.717) is 0 Å². The number of unbranched alkanes of at least 4 members (excludes halogenated alkanes) is 18. The molecule has 6 heterocycles. The molecule has 6 aliphatic rings. The third-order valence-corrected chi connectivity index (χ3v) is 6.51. The summed E-state index contributed by atoms with van der Waals surface area (Å²) in [5.41, 5.74) is 0. The summed E-state index contributed by atoms with van der Waals surface area (Å²) in [7, 11) is -4.64. The summed E-state index contributed by atoms with van der Waals surface area (Å²) < 4.78 is 41.7. The predicted octanol–water partition coefficient (Wildman–Crippen LogP) is 8.02. The van der Waals surface area contributed by atoms with Crippen molar-refractivity contribution >= 4 is 7.82 Å². The second kappa shape index (κ2) is 44.9. The summed E-state index contributed by atoms with van der Waals surface area (Å²) >= 11 is 0. The standard InChI is InChI=1S/C24H50O.6C2H4O.H3O4P/c1-3-5-7-9-11-13-15-17-19-21-23-25-24-22-20-18-16-14-12-10-8-6-4-2;6*1-2-3-1;1-5(2,3)4/h3-24H2,1-2H3;6*1-2H2;(H3,1,2,3,4). The molecule has 0 amide bonds. The van der Waals surface area contributed by atoms with Gasteiger partial charge in [-0.1, -0.05) is 129 Å². The van der Waals surface area contributed by atoms with E-state index in [1.54, 1.807) is 0 Å². The lowest BCUT2D eigenvalue weighted by atomic mass is 10.1. The number of hydrogen-bond donors (Lipinski definition) is 3. The Labute approximate surface area is 294 Å². The minimum atomic E-state index is -4.64. The van der Waals surface area contributed by atoms with Gasteiger partial charge in [0, 0.05) is 13.2 Å². The Balaban J connectivity index is 0. The third-order valence-electron chi connectivity index (χ3n) is 6.51. The zero-order chi connectivity index (χ0) is 35.5. The molecule has 0 bridgehead atoms. The summed E-state index contributed by atoms with van der Waals surface area (Å²) in [6, 6.07) is 0. The van der Waals surface area contributed by atoms with Crippen LogP contribution in [0.25, 0.3) is 0 Å². The highest BCUT2D eigenvalue weighted by Gasteiger charge is 2.00. The van der Waals surface area contributed by atoms with Gasteiger partial charge in [-0.3, -0.25) is 0 Å². The quantitative estimate of drug-likeness (QED) is 0.0565. The summed E-state index contributed by atoms with van der Waals surface area (Å²) in [5.74, 6) is 0. The lowest BCUT2D eigenvalue weighted by molar-refractivity contribution is 0.125. The lowest BCUT2D eigenvalue weighted by Crippen LogP contribution is -1.97. The zero-order valence-corrected chi connectivity index (χ0v) is 32.0. The zero-order valence-electron chi connectivity index (χ0n) is 31.1. The molecule has 6 rings (SSSR count).